The average Bonchev–Trinajstić information content (AvgIpc) is 3.14. The lowest BCUT2D eigenvalue weighted by Gasteiger charge is -2.20. The van der Waals surface area contributed by atoms with E-state index in [0.717, 1.165) is 30.6 Å². The largest absolute Gasteiger partial charge is 0.490 e. The highest BCUT2D eigenvalue weighted by Crippen LogP contribution is 2.32. The van der Waals surface area contributed by atoms with E-state index in [9.17, 15) is 4.79 Å². The summed E-state index contributed by atoms with van der Waals surface area (Å²) in [6.45, 7) is 3.80. The maximum absolute atomic E-state index is 11.1. The van der Waals surface area contributed by atoms with Crippen LogP contribution < -0.4 is 4.74 Å². The third-order valence-corrected chi connectivity index (χ3v) is 3.55. The first-order valence-electron chi connectivity index (χ1n) is 6.61. The Morgan fingerprint density at radius 3 is 2.78 bits per heavy atom. The van der Waals surface area contributed by atoms with Gasteiger partial charge in [0.2, 0.25) is 0 Å². The maximum Gasteiger partial charge on any atom is 0.306 e. The Morgan fingerprint density at radius 1 is 1.50 bits per heavy atom. The second kappa shape index (κ2) is 5.42. The molecule has 3 heteroatoms. The summed E-state index contributed by atoms with van der Waals surface area (Å²) in [5.41, 5.74) is 1.06. The van der Waals surface area contributed by atoms with Gasteiger partial charge in [0.05, 0.1) is 12.0 Å². The lowest BCUT2D eigenvalue weighted by atomic mass is 9.85. The number of rotatable bonds is 6. The summed E-state index contributed by atoms with van der Waals surface area (Å²) in [5, 5.41) is 9.14. The molecule has 3 nitrogen and oxygen atoms in total. The second-order valence-corrected chi connectivity index (χ2v) is 5.03. The van der Waals surface area contributed by atoms with Crippen LogP contribution in [-0.4, -0.2) is 17.2 Å². The van der Waals surface area contributed by atoms with Gasteiger partial charge in [-0.05, 0) is 42.9 Å². The number of carboxylic acids is 1. The zero-order valence-corrected chi connectivity index (χ0v) is 10.9. The Hall–Kier alpha value is -1.51. The topological polar surface area (TPSA) is 46.5 Å². The minimum Gasteiger partial charge on any atom is -0.490 e. The summed E-state index contributed by atoms with van der Waals surface area (Å²) in [6, 6.07) is 7.88. The molecule has 1 saturated carbocycles. The summed E-state index contributed by atoms with van der Waals surface area (Å²) in [5.74, 6) is -0.196. The van der Waals surface area contributed by atoms with Gasteiger partial charge in [0.25, 0.3) is 0 Å². The zero-order chi connectivity index (χ0) is 13.1. The van der Waals surface area contributed by atoms with Crippen LogP contribution in [0.2, 0.25) is 0 Å². The van der Waals surface area contributed by atoms with Gasteiger partial charge in [-0.15, -0.1) is 0 Å². The summed E-state index contributed by atoms with van der Waals surface area (Å²) in [6.07, 6.45) is 3.46. The number of hydrogen-bond acceptors (Lipinski definition) is 2. The first-order valence-corrected chi connectivity index (χ1v) is 6.61. The van der Waals surface area contributed by atoms with E-state index in [-0.39, 0.29) is 11.8 Å². The van der Waals surface area contributed by atoms with E-state index in [1.807, 2.05) is 31.2 Å². The lowest BCUT2D eigenvalue weighted by Crippen LogP contribution is -2.18. The first-order chi connectivity index (χ1) is 8.61. The Bertz CT molecular complexity index is 424. The molecule has 1 aromatic rings. The Kier molecular flexibility index (Phi) is 3.90. The highest BCUT2D eigenvalue weighted by Gasteiger charge is 2.26. The first kappa shape index (κ1) is 12.9. The van der Waals surface area contributed by atoms with Crippen molar-refractivity contribution in [3.63, 3.8) is 0 Å². The van der Waals surface area contributed by atoms with E-state index in [2.05, 4.69) is 0 Å². The monoisotopic (exact) mass is 248 g/mol. The fraction of sp³-hybridized carbons (Fsp3) is 0.533. The van der Waals surface area contributed by atoms with Gasteiger partial charge in [-0.1, -0.05) is 26.0 Å². The van der Waals surface area contributed by atoms with Crippen molar-refractivity contribution in [3.05, 3.63) is 29.8 Å². The van der Waals surface area contributed by atoms with E-state index in [1.54, 1.807) is 6.92 Å². The smallest absolute Gasteiger partial charge is 0.306 e. The molecule has 0 bridgehead atoms. The normalized spacial score (nSPS) is 18.1. The molecular weight excluding hydrogens is 228 g/mol. The molecule has 0 unspecified atom stereocenters. The molecule has 2 rings (SSSR count). The van der Waals surface area contributed by atoms with Crippen LogP contribution in [0, 0.1) is 5.92 Å². The second-order valence-electron chi connectivity index (χ2n) is 5.03. The third kappa shape index (κ3) is 3.03. The van der Waals surface area contributed by atoms with Crippen molar-refractivity contribution in [2.45, 2.75) is 45.1 Å². The highest BCUT2D eigenvalue weighted by molar-refractivity contribution is 5.71. The molecular formula is C15H20O3. The van der Waals surface area contributed by atoms with Crippen molar-refractivity contribution in [1.29, 1.82) is 0 Å². The van der Waals surface area contributed by atoms with Crippen LogP contribution in [0.15, 0.2) is 24.3 Å². The molecule has 0 radical (unpaired) electrons. The summed E-state index contributed by atoms with van der Waals surface area (Å²) in [4.78, 5) is 11.1. The van der Waals surface area contributed by atoms with Crippen LogP contribution in [-0.2, 0) is 4.79 Å². The van der Waals surface area contributed by atoms with Gasteiger partial charge in [-0.3, -0.25) is 4.79 Å². The molecule has 1 aliphatic rings. The van der Waals surface area contributed by atoms with Crippen molar-refractivity contribution in [1.82, 2.24) is 0 Å². The number of aliphatic carboxylic acids is 1. The molecule has 1 fully saturated rings. The maximum atomic E-state index is 11.1. The zero-order valence-electron chi connectivity index (χ0n) is 10.9. The average molecular weight is 248 g/mol. The van der Waals surface area contributed by atoms with Crippen LogP contribution in [0.4, 0.5) is 0 Å². The van der Waals surface area contributed by atoms with Gasteiger partial charge in [-0.25, -0.2) is 0 Å². The minimum absolute atomic E-state index is 0.0465. The molecule has 98 valence electrons. The van der Waals surface area contributed by atoms with Crippen molar-refractivity contribution < 1.29 is 14.6 Å². The van der Waals surface area contributed by atoms with E-state index in [4.69, 9.17) is 9.84 Å². The molecule has 0 heterocycles. The molecule has 0 aliphatic heterocycles. The van der Waals surface area contributed by atoms with E-state index < -0.39 is 5.97 Å². The van der Waals surface area contributed by atoms with Crippen LogP contribution >= 0.6 is 0 Å². The lowest BCUT2D eigenvalue weighted by molar-refractivity contribution is -0.141. The summed E-state index contributed by atoms with van der Waals surface area (Å²) >= 11 is 0. The van der Waals surface area contributed by atoms with Gasteiger partial charge in [0.15, 0.2) is 0 Å². The quantitative estimate of drug-likeness (QED) is 0.838. The molecule has 18 heavy (non-hydrogen) atoms. The van der Waals surface area contributed by atoms with Gasteiger partial charge < -0.3 is 9.84 Å². The summed E-state index contributed by atoms with van der Waals surface area (Å²) in [7, 11) is 0. The fourth-order valence-electron chi connectivity index (χ4n) is 2.25. The van der Waals surface area contributed by atoms with Gasteiger partial charge in [-0.2, -0.15) is 0 Å². The van der Waals surface area contributed by atoms with Crippen LogP contribution in [0.3, 0.4) is 0 Å². The van der Waals surface area contributed by atoms with Crippen molar-refractivity contribution in [2.75, 3.05) is 0 Å². The van der Waals surface area contributed by atoms with Gasteiger partial charge in [0.1, 0.15) is 5.75 Å². The number of carboxylic acid groups (broad SMARTS) is 1. The number of carbonyl (C=O) groups is 1. The SMILES string of the molecule is CC[C@@H](c1cccc(OC2CC2)c1)[C@@H](C)C(=O)O. The molecule has 1 N–H and O–H groups in total. The fourth-order valence-corrected chi connectivity index (χ4v) is 2.25. The Morgan fingerprint density at radius 2 is 2.22 bits per heavy atom. The predicted octanol–water partition coefficient (Wildman–Crippen LogP) is 3.44. The highest BCUT2D eigenvalue weighted by atomic mass is 16.5. The van der Waals surface area contributed by atoms with Crippen molar-refractivity contribution in [2.24, 2.45) is 5.92 Å². The minimum atomic E-state index is -0.740. The van der Waals surface area contributed by atoms with Crippen molar-refractivity contribution >= 4 is 5.97 Å². The van der Waals surface area contributed by atoms with E-state index in [0.29, 0.717) is 6.10 Å². The van der Waals surface area contributed by atoms with Crippen LogP contribution in [0.5, 0.6) is 5.75 Å². The molecule has 1 aliphatic carbocycles. The van der Waals surface area contributed by atoms with Gasteiger partial charge >= 0.3 is 5.97 Å². The number of benzene rings is 1. The van der Waals surface area contributed by atoms with Gasteiger partial charge in [0, 0.05) is 0 Å². The predicted molar refractivity (Wildman–Crippen MR) is 69.9 cm³/mol. The van der Waals surface area contributed by atoms with E-state index >= 15 is 0 Å². The Labute approximate surface area is 108 Å². The number of ether oxygens (including phenoxy) is 1. The molecule has 0 amide bonds. The molecule has 0 saturated heterocycles. The Balaban J connectivity index is 2.16. The van der Waals surface area contributed by atoms with Crippen LogP contribution in [0.1, 0.15) is 44.6 Å². The molecule has 1 aromatic carbocycles. The standard InChI is InChI=1S/C15H20O3/c1-3-14(10(2)15(16)17)11-5-4-6-13(9-11)18-12-7-8-12/h4-6,9-10,12,14H,3,7-8H2,1-2H3,(H,16,17)/t10-,14-/m1/s1. The molecule has 0 aromatic heterocycles. The number of hydrogen-bond donors (Lipinski definition) is 1. The van der Waals surface area contributed by atoms with Crippen LogP contribution in [0.25, 0.3) is 0 Å². The van der Waals surface area contributed by atoms with E-state index in [1.165, 1.54) is 0 Å². The molecule has 2 atom stereocenters. The molecule has 0 spiro atoms. The van der Waals surface area contributed by atoms with Crippen molar-refractivity contribution in [3.8, 4) is 5.75 Å². The third-order valence-electron chi connectivity index (χ3n) is 3.55. The summed E-state index contributed by atoms with van der Waals surface area (Å²) < 4.78 is 5.75.